The molecular formula is C28H33N2O3Tl. The molecule has 34 heavy (non-hydrogen) atoms. The van der Waals surface area contributed by atoms with Crippen molar-refractivity contribution in [2.45, 2.75) is 38.1 Å². The number of ether oxygens (including phenoxy) is 1. The normalized spacial score (nSPS) is 15.1. The van der Waals surface area contributed by atoms with E-state index in [1.54, 1.807) is 24.3 Å². The molecule has 1 saturated heterocycles. The summed E-state index contributed by atoms with van der Waals surface area (Å²) in [5.74, 6) is 0.396. The van der Waals surface area contributed by atoms with Crippen LogP contribution in [0, 0.1) is 5.92 Å². The van der Waals surface area contributed by atoms with Crippen molar-refractivity contribution < 1.29 is 14.3 Å². The van der Waals surface area contributed by atoms with Crippen LogP contribution in [0.3, 0.4) is 0 Å². The molecule has 2 aromatic carbocycles. The van der Waals surface area contributed by atoms with Crippen LogP contribution in [-0.2, 0) is 9.59 Å². The topological polar surface area (TPSA) is 58.6 Å². The number of carbonyl (C=O) groups is 2. The van der Waals surface area contributed by atoms with E-state index in [0.29, 0.717) is 18.2 Å². The Labute approximate surface area is 219 Å². The quantitative estimate of drug-likeness (QED) is 0.211. The van der Waals surface area contributed by atoms with Crippen LogP contribution in [0.2, 0.25) is 3.98 Å². The smallest absolute Gasteiger partial charge is 0.0683 e. The van der Waals surface area contributed by atoms with Gasteiger partial charge in [0.2, 0.25) is 0 Å². The number of nitrogens with zero attached hydrogens (tertiary/aromatic N) is 1. The molecule has 1 aliphatic heterocycles. The van der Waals surface area contributed by atoms with Crippen LogP contribution in [0.4, 0.5) is 5.69 Å². The molecule has 176 valence electrons. The van der Waals surface area contributed by atoms with Crippen LogP contribution in [0.25, 0.3) is 18.2 Å². The number of carbonyl (C=O) groups excluding carboxylic acids is 2. The van der Waals surface area contributed by atoms with Crippen molar-refractivity contribution >= 4 is 61.5 Å². The van der Waals surface area contributed by atoms with E-state index in [1.807, 2.05) is 44.2 Å². The molecule has 1 N–H and O–H groups in total. The number of amides is 2. The number of hydrazine groups is 1. The van der Waals surface area contributed by atoms with Gasteiger partial charge in [0.1, 0.15) is 0 Å². The molecule has 3 rings (SSSR count). The Kier molecular flexibility index (Phi) is 11.3. The number of hydrogen-bond donors (Lipinski definition) is 1. The molecule has 6 heteroatoms. The first-order valence-corrected chi connectivity index (χ1v) is 14.9. The van der Waals surface area contributed by atoms with E-state index >= 15 is 0 Å². The van der Waals surface area contributed by atoms with Gasteiger partial charge in [0.15, 0.2) is 0 Å². The average Bonchev–Trinajstić information content (AvgIpc) is 3.16. The number of benzene rings is 2. The number of hydrogen-bond acceptors (Lipinski definition) is 3. The van der Waals surface area contributed by atoms with Crippen molar-refractivity contribution in [3.05, 3.63) is 77.4 Å². The molecule has 0 bridgehead atoms. The van der Waals surface area contributed by atoms with Crippen molar-refractivity contribution in [1.29, 1.82) is 0 Å². The second-order valence-corrected chi connectivity index (χ2v) is 9.79. The minimum Gasteiger partial charge on any atom is -0.0683 e. The molecule has 5 nitrogen and oxygen atoms in total. The molecule has 0 saturated carbocycles. The summed E-state index contributed by atoms with van der Waals surface area (Å²) in [7, 11) is 0. The first kappa shape index (κ1) is 27.6. The maximum atomic E-state index is 13.0. The summed E-state index contributed by atoms with van der Waals surface area (Å²) >= 11 is 0.876. The summed E-state index contributed by atoms with van der Waals surface area (Å²) in [4.78, 5) is 25.6. The van der Waals surface area contributed by atoms with Crippen LogP contribution in [-0.4, -0.2) is 44.2 Å². The van der Waals surface area contributed by atoms with E-state index < -0.39 is 5.91 Å². The third kappa shape index (κ3) is 6.68. The van der Waals surface area contributed by atoms with Crippen molar-refractivity contribution in [2.24, 2.45) is 5.92 Å². The standard InChI is InChI=1S/C26H27N2O3.C2H6.Tl/c1-5-18(4)13-15-22-21(6-2)19(14-16-24(22)31-7-3)17-23-25(29)27-28(26(23)30)20-11-9-8-10-12-20;1-2;/h6,8-18H,2-3,5,7H2,1,4H3,(H,27,29);1-2H3;/b15-13-,23-17-;;. The minimum atomic E-state index is -0.428. The fraction of sp³-hybridized carbons (Fsp3) is 0.286. The third-order valence-electron chi connectivity index (χ3n) is 5.30. The Morgan fingerprint density at radius 2 is 1.82 bits per heavy atom. The number of allylic oxidation sites excluding steroid dienone is 1. The number of rotatable bonds is 9. The third-order valence-corrected chi connectivity index (χ3v) is 6.22. The van der Waals surface area contributed by atoms with Gasteiger partial charge in [-0.2, -0.15) is 0 Å². The van der Waals surface area contributed by atoms with Gasteiger partial charge < -0.3 is 0 Å². The van der Waals surface area contributed by atoms with E-state index in [1.165, 1.54) is 5.01 Å². The molecule has 0 aromatic heterocycles. The molecule has 0 aliphatic carbocycles. The van der Waals surface area contributed by atoms with Crippen LogP contribution in [0.5, 0.6) is 5.75 Å². The SMILES string of the molecule is C=Cc1c(/C=C2/C(=O)NN(c3ccccc3)C2=O)ccc(OC[CH2][Tl])c1/C=C\C(C)CC.CC. The number of anilines is 1. The van der Waals surface area contributed by atoms with E-state index in [2.05, 4.69) is 38.0 Å². The fourth-order valence-electron chi connectivity index (χ4n) is 3.32. The van der Waals surface area contributed by atoms with Crippen LogP contribution >= 0.6 is 0 Å². The summed E-state index contributed by atoms with van der Waals surface area (Å²) in [5, 5.41) is 1.27. The largest absolute Gasteiger partial charge is 0.0683 e. The summed E-state index contributed by atoms with van der Waals surface area (Å²) < 4.78 is 7.07. The Balaban J connectivity index is 0.00000199. The van der Waals surface area contributed by atoms with E-state index in [0.717, 1.165) is 58.6 Å². The molecule has 1 aliphatic rings. The Morgan fingerprint density at radius 3 is 2.44 bits per heavy atom. The summed E-state index contributed by atoms with van der Waals surface area (Å²) in [6.07, 6.45) is 8.63. The average molecular weight is 650 g/mol. The van der Waals surface area contributed by atoms with E-state index in [4.69, 9.17) is 4.74 Å². The van der Waals surface area contributed by atoms with Crippen molar-refractivity contribution in [2.75, 3.05) is 11.6 Å². The first-order chi connectivity index (χ1) is 16.5. The molecule has 1 fully saturated rings. The van der Waals surface area contributed by atoms with Gasteiger partial charge in [-0.3, -0.25) is 0 Å². The van der Waals surface area contributed by atoms with Gasteiger partial charge in [0, 0.05) is 0 Å². The number of nitrogens with one attached hydrogen (secondary N) is 1. The second-order valence-electron chi connectivity index (χ2n) is 7.54. The molecule has 0 spiro atoms. The van der Waals surface area contributed by atoms with Gasteiger partial charge in [0.05, 0.1) is 0 Å². The van der Waals surface area contributed by atoms with Gasteiger partial charge >= 0.3 is 176 Å². The molecule has 1 heterocycles. The summed E-state index contributed by atoms with van der Waals surface area (Å²) in [6, 6.07) is 12.8. The zero-order valence-corrected chi connectivity index (χ0v) is 25.0. The zero-order valence-electron chi connectivity index (χ0n) is 20.5. The van der Waals surface area contributed by atoms with Gasteiger partial charge in [-0.05, 0) is 12.1 Å². The predicted molar refractivity (Wildman–Crippen MR) is 142 cm³/mol. The second kappa shape index (κ2) is 13.9. The van der Waals surface area contributed by atoms with Gasteiger partial charge in [0.25, 0.3) is 0 Å². The molecule has 1 atom stereocenters. The van der Waals surface area contributed by atoms with E-state index in [9.17, 15) is 9.59 Å². The van der Waals surface area contributed by atoms with Crippen molar-refractivity contribution in [1.82, 2.24) is 5.43 Å². The summed E-state index contributed by atoms with van der Waals surface area (Å²) in [5.41, 5.74) is 5.85. The Morgan fingerprint density at radius 1 is 1.12 bits per heavy atom. The summed E-state index contributed by atoms with van der Waals surface area (Å²) in [6.45, 7) is 13.0. The molecule has 1 unspecified atom stereocenters. The molecular weight excluding hydrogens is 617 g/mol. The predicted octanol–water partition coefficient (Wildman–Crippen LogP) is 5.84. The molecule has 0 radical (unpaired) electrons. The zero-order chi connectivity index (χ0) is 25.1. The molecule has 2 aromatic rings. The van der Waals surface area contributed by atoms with Crippen molar-refractivity contribution in [3.8, 4) is 5.75 Å². The van der Waals surface area contributed by atoms with Crippen LogP contribution in [0.15, 0.2) is 60.7 Å². The number of para-hydroxylation sites is 1. The Hall–Kier alpha value is -2.68. The Bertz CT molecular complexity index is 1060. The molecule has 2 amide bonds. The maximum Gasteiger partial charge on any atom is -0.0683 e. The van der Waals surface area contributed by atoms with E-state index in [-0.39, 0.29) is 11.5 Å². The van der Waals surface area contributed by atoms with Crippen LogP contribution < -0.4 is 15.2 Å². The monoisotopic (exact) mass is 650 g/mol. The first-order valence-electron chi connectivity index (χ1n) is 11.7. The maximum absolute atomic E-state index is 13.0. The van der Waals surface area contributed by atoms with Crippen molar-refractivity contribution in [3.63, 3.8) is 0 Å². The minimum absolute atomic E-state index is 0.0863. The fourth-order valence-corrected chi connectivity index (χ4v) is 3.78. The van der Waals surface area contributed by atoms with Gasteiger partial charge in [-0.15, -0.1) is 0 Å². The van der Waals surface area contributed by atoms with Gasteiger partial charge in [-0.1, -0.05) is 32.0 Å². The van der Waals surface area contributed by atoms with Crippen LogP contribution in [0.1, 0.15) is 50.8 Å². The van der Waals surface area contributed by atoms with Gasteiger partial charge in [-0.25, -0.2) is 0 Å².